The van der Waals surface area contributed by atoms with E-state index in [1.807, 2.05) is 30.3 Å². The Bertz CT molecular complexity index is 2210. The minimum Gasteiger partial charge on any atom is -0.489 e. The fraction of sp³-hybridized carbons (Fsp3) is 0.455. The molecule has 1 atom stereocenters. The first-order valence-electron chi connectivity index (χ1n) is 20.0. The quantitative estimate of drug-likeness (QED) is 0.284. The van der Waals surface area contributed by atoms with Crippen LogP contribution >= 0.6 is 11.6 Å². The predicted molar refractivity (Wildman–Crippen MR) is 217 cm³/mol. The zero-order valence-corrected chi connectivity index (χ0v) is 34.0. The van der Waals surface area contributed by atoms with Crippen LogP contribution in [-0.4, -0.2) is 114 Å². The molecule has 5 amide bonds. The summed E-state index contributed by atoms with van der Waals surface area (Å²) in [6.45, 7) is 14.8. The molecule has 302 valence electrons. The van der Waals surface area contributed by atoms with E-state index in [1.165, 1.54) is 5.56 Å². The largest absolute Gasteiger partial charge is 0.489 e. The Kier molecular flexibility index (Phi) is 10.3. The fourth-order valence-corrected chi connectivity index (χ4v) is 10.0. The molecule has 4 heterocycles. The number of piperazine rings is 1. The van der Waals surface area contributed by atoms with E-state index in [0.29, 0.717) is 39.1 Å². The number of halogens is 1. The molecule has 1 aliphatic carbocycles. The van der Waals surface area contributed by atoms with Crippen LogP contribution in [0, 0.1) is 22.2 Å². The molecule has 1 unspecified atom stereocenters. The van der Waals surface area contributed by atoms with E-state index in [9.17, 15) is 29.2 Å². The molecule has 13 nitrogen and oxygen atoms in total. The highest BCUT2D eigenvalue weighted by Gasteiger charge is 2.64. The third-order valence-electron chi connectivity index (χ3n) is 12.9. The molecule has 4 fully saturated rings. The van der Waals surface area contributed by atoms with Crippen molar-refractivity contribution in [3.8, 4) is 11.8 Å². The van der Waals surface area contributed by atoms with Gasteiger partial charge < -0.3 is 19.9 Å². The molecule has 3 saturated heterocycles. The van der Waals surface area contributed by atoms with Gasteiger partial charge in [-0.05, 0) is 60.9 Å². The summed E-state index contributed by atoms with van der Waals surface area (Å²) in [7, 11) is 0. The van der Waals surface area contributed by atoms with Gasteiger partial charge in [0, 0.05) is 92.5 Å². The van der Waals surface area contributed by atoms with Crippen molar-refractivity contribution in [1.82, 2.24) is 25.3 Å². The first-order chi connectivity index (χ1) is 27.6. The number of hydrogen-bond acceptors (Lipinski definition) is 10. The Labute approximate surface area is 343 Å². The van der Waals surface area contributed by atoms with Gasteiger partial charge in [0.25, 0.3) is 17.7 Å². The maximum Gasteiger partial charge on any atom is 0.262 e. The van der Waals surface area contributed by atoms with E-state index in [-0.39, 0.29) is 41.7 Å². The molecule has 1 saturated carbocycles. The second-order valence-electron chi connectivity index (χ2n) is 17.4. The number of amides is 5. The van der Waals surface area contributed by atoms with Gasteiger partial charge in [-0.3, -0.25) is 39.1 Å². The van der Waals surface area contributed by atoms with Crippen LogP contribution in [0.25, 0.3) is 0 Å². The summed E-state index contributed by atoms with van der Waals surface area (Å²) in [5, 5.41) is 15.1. The lowest BCUT2D eigenvalue weighted by Gasteiger charge is -2.63. The number of carbonyl (C=O) groups excluding carboxylic acids is 5. The third-order valence-corrected chi connectivity index (χ3v) is 13.2. The third kappa shape index (κ3) is 7.11. The first kappa shape index (κ1) is 39.5. The number of benzene rings is 3. The van der Waals surface area contributed by atoms with Gasteiger partial charge in [0.2, 0.25) is 11.8 Å². The number of nitriles is 1. The monoisotopic (exact) mass is 805 g/mol. The fourth-order valence-electron chi connectivity index (χ4n) is 9.83. The molecule has 0 spiro atoms. The van der Waals surface area contributed by atoms with Gasteiger partial charge >= 0.3 is 0 Å². The van der Waals surface area contributed by atoms with E-state index < -0.39 is 29.7 Å². The number of carbonyl (C=O) groups is 5. The lowest BCUT2D eigenvalue weighted by atomic mass is 9.49. The highest BCUT2D eigenvalue weighted by Crippen LogP contribution is 2.55. The van der Waals surface area contributed by atoms with Crippen molar-refractivity contribution in [2.75, 3.05) is 50.7 Å². The number of fused-ring (bicyclic) bond motifs is 1. The maximum absolute atomic E-state index is 13.4. The van der Waals surface area contributed by atoms with Crippen LogP contribution in [0.1, 0.15) is 82.7 Å². The van der Waals surface area contributed by atoms with E-state index in [0.717, 1.165) is 62.8 Å². The number of hydrogen-bond donors (Lipinski definition) is 2. The molecule has 0 bridgehead atoms. The molecule has 3 aromatic carbocycles. The summed E-state index contributed by atoms with van der Waals surface area (Å²) < 4.78 is 6.37. The Morgan fingerprint density at radius 1 is 0.914 bits per heavy atom. The van der Waals surface area contributed by atoms with Gasteiger partial charge in [0.15, 0.2) is 0 Å². The second-order valence-corrected chi connectivity index (χ2v) is 17.8. The van der Waals surface area contributed by atoms with Crippen molar-refractivity contribution in [1.29, 1.82) is 5.26 Å². The van der Waals surface area contributed by atoms with Crippen LogP contribution in [0.5, 0.6) is 5.75 Å². The van der Waals surface area contributed by atoms with Crippen molar-refractivity contribution in [2.24, 2.45) is 10.8 Å². The molecule has 58 heavy (non-hydrogen) atoms. The number of anilines is 1. The standard InChI is InChI=1S/C44H48ClN7O6/c1-43(2)41(44(3,4)42(43)58-31-11-9-28(23-46)34(45)22-31)48-37(54)27-7-5-26(6-8-27)15-16-49-17-19-50(20-18-49)30-24-51(25-30)29-10-12-32-33(21-29)40(57)52(39(32)56)35-13-14-36(53)47-38(35)55/h5-12,21-22,30,35,41-42H,13-20,24-25H2,1-4H3,(H,48,54)(H,47,53,55). The molecular weight excluding hydrogens is 758 g/mol. The Morgan fingerprint density at radius 2 is 1.60 bits per heavy atom. The number of piperidine rings is 1. The van der Waals surface area contributed by atoms with Crippen molar-refractivity contribution in [2.45, 2.75) is 71.2 Å². The first-order valence-corrected chi connectivity index (χ1v) is 20.4. The summed E-state index contributed by atoms with van der Waals surface area (Å²) >= 11 is 6.24. The second kappa shape index (κ2) is 15.1. The normalized spacial score (nSPS) is 24.4. The van der Waals surface area contributed by atoms with Gasteiger partial charge in [-0.25, -0.2) is 0 Å². The zero-order valence-electron chi connectivity index (χ0n) is 33.2. The number of imide groups is 2. The number of nitrogens with zero attached hydrogens (tertiary/aromatic N) is 5. The topological polar surface area (TPSA) is 155 Å². The number of rotatable bonds is 10. The van der Waals surface area contributed by atoms with Gasteiger partial charge in [-0.15, -0.1) is 0 Å². The summed E-state index contributed by atoms with van der Waals surface area (Å²) in [4.78, 5) is 72.0. The van der Waals surface area contributed by atoms with E-state index in [4.69, 9.17) is 16.3 Å². The van der Waals surface area contributed by atoms with E-state index in [2.05, 4.69) is 59.1 Å². The molecule has 5 aliphatic rings. The summed E-state index contributed by atoms with van der Waals surface area (Å²) in [5.74, 6) is -1.50. The molecule has 3 aromatic rings. The Hall–Kier alpha value is -5.29. The minimum absolute atomic E-state index is 0.0902. The SMILES string of the molecule is CC1(C)C(NC(=O)c2ccc(CCN3CCN(C4CN(c5ccc6c(c5)C(=O)N(C5CCC(=O)NC5=O)C6=O)C4)CC3)cc2)C(C)(C)C1Oc1ccc(C#N)c(Cl)c1. The number of nitrogens with one attached hydrogen (secondary N) is 2. The van der Waals surface area contributed by atoms with E-state index >= 15 is 0 Å². The van der Waals surface area contributed by atoms with Gasteiger partial charge in [0.1, 0.15) is 24.0 Å². The van der Waals surface area contributed by atoms with Crippen LogP contribution < -0.4 is 20.3 Å². The smallest absolute Gasteiger partial charge is 0.262 e. The predicted octanol–water partition coefficient (Wildman–Crippen LogP) is 4.27. The van der Waals surface area contributed by atoms with Crippen molar-refractivity contribution in [3.05, 3.63) is 93.5 Å². The van der Waals surface area contributed by atoms with Gasteiger partial charge in [0.05, 0.1) is 21.7 Å². The number of ether oxygens (including phenoxy) is 1. The van der Waals surface area contributed by atoms with Crippen molar-refractivity contribution >= 4 is 46.8 Å². The van der Waals surface area contributed by atoms with Gasteiger partial charge in [-0.1, -0.05) is 51.4 Å². The average molecular weight is 806 g/mol. The maximum atomic E-state index is 13.4. The zero-order chi connectivity index (χ0) is 41.1. The lowest BCUT2D eigenvalue weighted by Crippen LogP contribution is -2.74. The van der Waals surface area contributed by atoms with Crippen molar-refractivity contribution < 1.29 is 28.7 Å². The summed E-state index contributed by atoms with van der Waals surface area (Å²) in [6, 6.07) is 19.6. The van der Waals surface area contributed by atoms with E-state index in [1.54, 1.807) is 30.3 Å². The molecule has 2 N–H and O–H groups in total. The highest BCUT2D eigenvalue weighted by molar-refractivity contribution is 6.31. The molecular formula is C44H48ClN7O6. The minimum atomic E-state index is -0.973. The lowest BCUT2D eigenvalue weighted by molar-refractivity contribution is -0.164. The van der Waals surface area contributed by atoms with Crippen LogP contribution in [0.3, 0.4) is 0 Å². The highest BCUT2D eigenvalue weighted by atomic mass is 35.5. The molecule has 0 radical (unpaired) electrons. The molecule has 4 aliphatic heterocycles. The average Bonchev–Trinajstić information content (AvgIpc) is 3.43. The molecule has 8 rings (SSSR count). The summed E-state index contributed by atoms with van der Waals surface area (Å²) in [6.07, 6.45) is 0.936. The Morgan fingerprint density at radius 3 is 2.26 bits per heavy atom. The Balaban J connectivity index is 0.773. The molecule has 14 heteroatoms. The van der Waals surface area contributed by atoms with Crippen LogP contribution in [0.15, 0.2) is 60.7 Å². The molecule has 0 aromatic heterocycles. The van der Waals surface area contributed by atoms with Crippen LogP contribution in [-0.2, 0) is 16.0 Å². The van der Waals surface area contributed by atoms with Crippen LogP contribution in [0.2, 0.25) is 5.02 Å². The summed E-state index contributed by atoms with van der Waals surface area (Å²) in [5.41, 5.74) is 2.98. The van der Waals surface area contributed by atoms with Crippen molar-refractivity contribution in [3.63, 3.8) is 0 Å². The van der Waals surface area contributed by atoms with Gasteiger partial charge in [-0.2, -0.15) is 5.26 Å². The van der Waals surface area contributed by atoms with Crippen LogP contribution in [0.4, 0.5) is 5.69 Å².